The molecule has 5 nitrogen and oxygen atoms in total. The topological polar surface area (TPSA) is 51.9 Å². The number of nitrogens with zero attached hydrogens (tertiary/aromatic N) is 1. The summed E-state index contributed by atoms with van der Waals surface area (Å²) < 4.78 is 16.7. The van der Waals surface area contributed by atoms with Crippen molar-refractivity contribution >= 4 is 12.0 Å². The molecule has 2 aromatic rings. The summed E-state index contributed by atoms with van der Waals surface area (Å²) in [4.78, 5) is 14.5. The Hall–Kier alpha value is -2.69. The van der Waals surface area contributed by atoms with Crippen molar-refractivity contribution < 1.29 is 18.7 Å². The molecule has 4 rings (SSSR count). The first-order valence-corrected chi connectivity index (χ1v) is 8.73. The summed E-state index contributed by atoms with van der Waals surface area (Å²) in [5, 5.41) is 0. The fraction of sp³-hybridized carbons (Fsp3) is 0.350. The molecular formula is C20H21NO4. The smallest absolute Gasteiger partial charge is 0.247 e. The molecule has 25 heavy (non-hydrogen) atoms. The van der Waals surface area contributed by atoms with E-state index in [4.69, 9.17) is 13.9 Å². The maximum absolute atomic E-state index is 12.6. The number of rotatable bonds is 3. The lowest BCUT2D eigenvalue weighted by Crippen LogP contribution is -2.28. The fourth-order valence-electron chi connectivity index (χ4n) is 3.40. The van der Waals surface area contributed by atoms with Crippen LogP contribution in [0.3, 0.4) is 0 Å². The Labute approximate surface area is 146 Å². The summed E-state index contributed by atoms with van der Waals surface area (Å²) in [6, 6.07) is 9.73. The average molecular weight is 339 g/mol. The molecule has 130 valence electrons. The molecular weight excluding hydrogens is 318 g/mol. The van der Waals surface area contributed by atoms with Crippen LogP contribution in [0.1, 0.15) is 36.6 Å². The number of carbonyl (C=O) groups is 1. The Balaban J connectivity index is 1.53. The highest BCUT2D eigenvalue weighted by Crippen LogP contribution is 2.38. The highest BCUT2D eigenvalue weighted by molar-refractivity contribution is 5.92. The van der Waals surface area contributed by atoms with Crippen molar-refractivity contribution in [2.24, 2.45) is 0 Å². The summed E-state index contributed by atoms with van der Waals surface area (Å²) in [5.74, 6) is 2.25. The predicted molar refractivity (Wildman–Crippen MR) is 93.5 cm³/mol. The Bertz CT molecular complexity index is 766. The minimum absolute atomic E-state index is 0.00557. The van der Waals surface area contributed by atoms with Gasteiger partial charge in [-0.3, -0.25) is 4.79 Å². The van der Waals surface area contributed by atoms with Gasteiger partial charge in [0, 0.05) is 19.0 Å². The number of furan rings is 1. The first-order valence-electron chi connectivity index (χ1n) is 8.73. The van der Waals surface area contributed by atoms with Gasteiger partial charge in [0.05, 0.1) is 25.5 Å². The van der Waals surface area contributed by atoms with Crippen LogP contribution in [0.25, 0.3) is 6.08 Å². The van der Waals surface area contributed by atoms with Gasteiger partial charge in [-0.1, -0.05) is 6.07 Å². The van der Waals surface area contributed by atoms with Gasteiger partial charge in [-0.25, -0.2) is 0 Å². The number of likely N-dealkylation sites (tertiary alicyclic amines) is 1. The van der Waals surface area contributed by atoms with Crippen molar-refractivity contribution in [1.82, 2.24) is 4.90 Å². The summed E-state index contributed by atoms with van der Waals surface area (Å²) in [5.41, 5.74) is 1.10. The summed E-state index contributed by atoms with van der Waals surface area (Å²) in [7, 11) is 0. The Morgan fingerprint density at radius 3 is 2.84 bits per heavy atom. The molecule has 1 amide bonds. The Morgan fingerprint density at radius 2 is 2.00 bits per heavy atom. The van der Waals surface area contributed by atoms with E-state index in [2.05, 4.69) is 0 Å². The van der Waals surface area contributed by atoms with Crippen molar-refractivity contribution in [2.45, 2.75) is 25.3 Å². The zero-order valence-electron chi connectivity index (χ0n) is 14.0. The van der Waals surface area contributed by atoms with Crippen molar-refractivity contribution in [3.05, 3.63) is 54.0 Å². The molecule has 0 bridgehead atoms. The average Bonchev–Trinajstić information content (AvgIpc) is 3.27. The normalized spacial score (nSPS) is 20.0. The van der Waals surface area contributed by atoms with Gasteiger partial charge in [0.1, 0.15) is 5.76 Å². The SMILES string of the molecule is O=C(/C=C/c1ccco1)N1CCCC1c1ccc2c(c1)OCCCO2. The number of hydrogen-bond donors (Lipinski definition) is 0. The molecule has 2 aliphatic heterocycles. The van der Waals surface area contributed by atoms with E-state index in [1.807, 2.05) is 29.2 Å². The summed E-state index contributed by atoms with van der Waals surface area (Å²) in [6.07, 6.45) is 7.74. The Kier molecular flexibility index (Phi) is 4.46. The van der Waals surface area contributed by atoms with Crippen LogP contribution in [0.5, 0.6) is 11.5 Å². The lowest BCUT2D eigenvalue weighted by atomic mass is 10.0. The molecule has 1 aromatic carbocycles. The van der Waals surface area contributed by atoms with Gasteiger partial charge in [0.2, 0.25) is 5.91 Å². The molecule has 1 saturated heterocycles. The second-order valence-electron chi connectivity index (χ2n) is 6.30. The first kappa shape index (κ1) is 15.8. The van der Waals surface area contributed by atoms with Crippen LogP contribution in [0.4, 0.5) is 0 Å². The number of hydrogen-bond acceptors (Lipinski definition) is 4. The molecule has 0 spiro atoms. The highest BCUT2D eigenvalue weighted by Gasteiger charge is 2.29. The lowest BCUT2D eigenvalue weighted by molar-refractivity contribution is -0.126. The van der Waals surface area contributed by atoms with Gasteiger partial charge >= 0.3 is 0 Å². The van der Waals surface area contributed by atoms with Gasteiger partial charge in [0.15, 0.2) is 11.5 Å². The molecule has 5 heteroatoms. The van der Waals surface area contributed by atoms with Crippen molar-refractivity contribution in [3.63, 3.8) is 0 Å². The number of carbonyl (C=O) groups excluding carboxylic acids is 1. The second-order valence-corrected chi connectivity index (χ2v) is 6.30. The maximum atomic E-state index is 12.6. The molecule has 1 unspecified atom stereocenters. The summed E-state index contributed by atoms with van der Waals surface area (Å²) >= 11 is 0. The number of fused-ring (bicyclic) bond motifs is 1. The van der Waals surface area contributed by atoms with E-state index in [-0.39, 0.29) is 11.9 Å². The van der Waals surface area contributed by atoms with Crippen LogP contribution in [0.15, 0.2) is 47.1 Å². The van der Waals surface area contributed by atoms with E-state index in [1.165, 1.54) is 0 Å². The molecule has 0 saturated carbocycles. The summed E-state index contributed by atoms with van der Waals surface area (Å²) in [6.45, 7) is 2.11. The van der Waals surface area contributed by atoms with Crippen LogP contribution < -0.4 is 9.47 Å². The molecule has 1 aromatic heterocycles. The van der Waals surface area contributed by atoms with Crippen molar-refractivity contribution in [2.75, 3.05) is 19.8 Å². The van der Waals surface area contributed by atoms with Gasteiger partial charge in [-0.2, -0.15) is 0 Å². The zero-order chi connectivity index (χ0) is 17.1. The molecule has 1 atom stereocenters. The van der Waals surface area contributed by atoms with Gasteiger partial charge in [-0.15, -0.1) is 0 Å². The molecule has 1 fully saturated rings. The van der Waals surface area contributed by atoms with Crippen LogP contribution >= 0.6 is 0 Å². The third-order valence-corrected chi connectivity index (χ3v) is 4.63. The molecule has 3 heterocycles. The minimum Gasteiger partial charge on any atom is -0.490 e. The monoisotopic (exact) mass is 339 g/mol. The third-order valence-electron chi connectivity index (χ3n) is 4.63. The van der Waals surface area contributed by atoms with E-state index in [0.717, 1.165) is 42.9 Å². The van der Waals surface area contributed by atoms with Gasteiger partial charge in [-0.05, 0) is 48.7 Å². The number of ether oxygens (including phenoxy) is 2. The van der Waals surface area contributed by atoms with Crippen molar-refractivity contribution in [3.8, 4) is 11.5 Å². The molecule has 0 N–H and O–H groups in total. The quantitative estimate of drug-likeness (QED) is 0.798. The lowest BCUT2D eigenvalue weighted by Gasteiger charge is -2.24. The van der Waals surface area contributed by atoms with Crippen LogP contribution in [0, 0.1) is 0 Å². The zero-order valence-corrected chi connectivity index (χ0v) is 14.0. The number of amides is 1. The molecule has 0 radical (unpaired) electrons. The Morgan fingerprint density at radius 1 is 1.12 bits per heavy atom. The standard InChI is InChI=1S/C20H21NO4/c22-20(9-7-16-4-2-11-23-16)21-10-1-5-17(21)15-6-8-18-19(14-15)25-13-3-12-24-18/h2,4,6-9,11,14,17H,1,3,5,10,12-13H2/b9-7+. The third kappa shape index (κ3) is 3.40. The minimum atomic E-state index is 0.00557. The largest absolute Gasteiger partial charge is 0.490 e. The first-order chi connectivity index (χ1) is 12.3. The van der Waals surface area contributed by atoms with E-state index in [0.29, 0.717) is 19.0 Å². The molecule has 0 aliphatic carbocycles. The van der Waals surface area contributed by atoms with Crippen LogP contribution in [-0.2, 0) is 4.79 Å². The second kappa shape index (κ2) is 7.05. The molecule has 2 aliphatic rings. The maximum Gasteiger partial charge on any atom is 0.247 e. The number of benzene rings is 1. The fourth-order valence-corrected chi connectivity index (χ4v) is 3.40. The van der Waals surface area contributed by atoms with Gasteiger partial charge < -0.3 is 18.8 Å². The van der Waals surface area contributed by atoms with Crippen LogP contribution in [0.2, 0.25) is 0 Å². The predicted octanol–water partition coefficient (Wildman–Crippen LogP) is 3.82. The van der Waals surface area contributed by atoms with E-state index in [1.54, 1.807) is 24.5 Å². The van der Waals surface area contributed by atoms with Crippen molar-refractivity contribution in [1.29, 1.82) is 0 Å². The van der Waals surface area contributed by atoms with E-state index < -0.39 is 0 Å². The van der Waals surface area contributed by atoms with E-state index in [9.17, 15) is 4.79 Å². The highest BCUT2D eigenvalue weighted by atomic mass is 16.5. The van der Waals surface area contributed by atoms with Gasteiger partial charge in [0.25, 0.3) is 0 Å². The van der Waals surface area contributed by atoms with Crippen LogP contribution in [-0.4, -0.2) is 30.6 Å². The van der Waals surface area contributed by atoms with E-state index >= 15 is 0 Å².